The van der Waals surface area contributed by atoms with E-state index in [-0.39, 0.29) is 0 Å². The molecule has 0 aliphatic carbocycles. The Morgan fingerprint density at radius 2 is 0.614 bits per heavy atom. The standard InChI is InChI=1S/C21H43.5C17H35.C11H23.C10H20/c1-12-20(8,9)13-17(5)19(7)21(10,11)14-16(4)18(6)15(2)3;2*1-10-15(4,5)12-17(8,9)13-16(6,7)11-14(2)3;3*1-10-16(6,7)12-17(8,9)11-14(4)15(5)13(2)3;1-8(2)7-10(5)11(6)9(3)4;1-6-9(3)8-10(4,5)7-2/h15-16,18-19H,12-14H2,1-11H3;10-13H2,1-9H3;11,14H,10,12-13H2,1-9H3;13,15H,10-12H2,1-9H3;13-14H,10-12H2,1-9H3;12-15H,10-11H2,1-9H3;9-11H,7H2,1-6H3;6H,7-8H2,1-5H3/q7*+1;/b;;;;;;;9-6-. The minimum Gasteiger partial charge on any atom is -0.0887 e. The lowest BCUT2D eigenvalue weighted by Gasteiger charge is -2.39. The number of hydrogen-bond donors (Lipinski definition) is 0. The molecule has 0 radical (unpaired) electrons. The number of allylic oxidation sites excluding steroid dienone is 2. The molecule has 127 heavy (non-hydrogen) atoms. The molecular formula is C127H261+7. The van der Waals surface area contributed by atoms with Crippen LogP contribution in [-0.2, 0) is 0 Å². The zero-order valence-electron chi connectivity index (χ0n) is 103. The van der Waals surface area contributed by atoms with Gasteiger partial charge in [0.2, 0.25) is 0 Å². The molecule has 0 heterocycles. The Bertz CT molecular complexity index is 2470. The molecule has 762 valence electrons. The van der Waals surface area contributed by atoms with Crippen LogP contribution < -0.4 is 0 Å². The van der Waals surface area contributed by atoms with Gasteiger partial charge in [0.1, 0.15) is 22.2 Å². The molecule has 0 saturated carbocycles. The zero-order chi connectivity index (χ0) is 104. The maximum absolute atomic E-state index is 2.57. The fraction of sp³-hybridized carbons (Fsp3) is 0.929. The second kappa shape index (κ2) is 61.9. The Kier molecular flexibility index (Phi) is 68.8. The average molecular weight is 1790 g/mol. The van der Waals surface area contributed by atoms with Crippen molar-refractivity contribution in [3.8, 4) is 0 Å². The van der Waals surface area contributed by atoms with Gasteiger partial charge >= 0.3 is 0 Å². The van der Waals surface area contributed by atoms with Gasteiger partial charge in [0.05, 0.1) is 140 Å². The second-order valence-corrected chi connectivity index (χ2v) is 58.4. The second-order valence-electron chi connectivity index (χ2n) is 58.4. The molecule has 0 N–H and O–H groups in total. The van der Waals surface area contributed by atoms with Gasteiger partial charge in [0.15, 0.2) is 0 Å². The van der Waals surface area contributed by atoms with Crippen molar-refractivity contribution < 1.29 is 0 Å². The first-order valence-corrected chi connectivity index (χ1v) is 54.5. The van der Waals surface area contributed by atoms with E-state index < -0.39 is 0 Å². The smallest absolute Gasteiger partial charge is 0.0887 e. The van der Waals surface area contributed by atoms with Crippen molar-refractivity contribution in [2.75, 3.05) is 0 Å². The van der Waals surface area contributed by atoms with E-state index >= 15 is 0 Å². The fourth-order valence-electron chi connectivity index (χ4n) is 22.4. The first kappa shape index (κ1) is 141. The van der Waals surface area contributed by atoms with E-state index in [1.807, 2.05) is 0 Å². The van der Waals surface area contributed by atoms with E-state index in [0.29, 0.717) is 93.1 Å². The molecule has 0 saturated heterocycles. The third-order valence-corrected chi connectivity index (χ3v) is 32.0. The topological polar surface area (TPSA) is 0 Å². The van der Waals surface area contributed by atoms with Crippen LogP contribution in [0, 0.1) is 212 Å². The lowest BCUT2D eigenvalue weighted by Crippen LogP contribution is -2.32. The van der Waals surface area contributed by atoms with Crippen LogP contribution in [0.25, 0.3) is 0 Å². The van der Waals surface area contributed by atoms with Crippen molar-refractivity contribution in [3.05, 3.63) is 54.1 Å². The van der Waals surface area contributed by atoms with Crippen LogP contribution in [0.4, 0.5) is 0 Å². The Morgan fingerprint density at radius 1 is 0.299 bits per heavy atom. The SMILES string of the molecule is C/C=C(/C)CC(C)(C)CC.CCC(C)(C)CC(C)(C)CC(C)(C)C[C+](C)C.CCC(C)(C)CC(C)(C)CC(C)(C)[CH+]C(C)C.CCC(C)(C)CC(C)(C)CC(C)[C+](C)C(C)C.CCC(C)(C)CC(C)(C)C[C+](C)C(C)C(C)C.CCC(C)(C)C[C+](C)C(C)C(C)(C)CC(C)C(C)C(C)C.CCC(C)(C)[CH+]C(C)(C)CC(C)C(C)C(C)C.C[C+](C)CC(C)C(C)C(C)C. The quantitative estimate of drug-likeness (QED) is 0.0421. The summed E-state index contributed by atoms with van der Waals surface area (Å²) in [6.45, 7) is 158. The lowest BCUT2D eigenvalue weighted by atomic mass is 9.64. The summed E-state index contributed by atoms with van der Waals surface area (Å²) >= 11 is 0. The predicted molar refractivity (Wildman–Crippen MR) is 599 cm³/mol. The summed E-state index contributed by atoms with van der Waals surface area (Å²) in [5, 5.41) is 0. The van der Waals surface area contributed by atoms with Crippen LogP contribution >= 0.6 is 0 Å². The van der Waals surface area contributed by atoms with Crippen molar-refractivity contribution in [2.24, 2.45) is 170 Å². The van der Waals surface area contributed by atoms with E-state index in [2.05, 4.69) is 483 Å². The minimum absolute atomic E-state index is 0.349. The van der Waals surface area contributed by atoms with Gasteiger partial charge in [-0.1, -0.05) is 355 Å². The van der Waals surface area contributed by atoms with Crippen LogP contribution in [0.3, 0.4) is 0 Å². The number of rotatable bonds is 51. The molecule has 0 aliphatic rings. The maximum Gasteiger partial charge on any atom is 0.103 e. The highest BCUT2D eigenvalue weighted by Crippen LogP contribution is 2.51. The van der Waals surface area contributed by atoms with Crippen LogP contribution in [0.5, 0.6) is 0 Å². The summed E-state index contributed by atoms with van der Waals surface area (Å²) in [5.41, 5.74) is 8.02. The minimum atomic E-state index is 0.349. The van der Waals surface area contributed by atoms with Crippen LogP contribution in [0.15, 0.2) is 11.6 Å². The van der Waals surface area contributed by atoms with Gasteiger partial charge in [-0.25, -0.2) is 0 Å². The molecule has 9 atom stereocenters. The molecule has 0 fully saturated rings. The van der Waals surface area contributed by atoms with Crippen LogP contribution in [0.2, 0.25) is 0 Å². The summed E-state index contributed by atoms with van der Waals surface area (Å²) in [7, 11) is 0. The first-order valence-electron chi connectivity index (χ1n) is 54.5. The number of hydrogen-bond acceptors (Lipinski definition) is 0. The molecule has 0 heteroatoms. The highest BCUT2D eigenvalue weighted by molar-refractivity contribution is 5.04. The van der Waals surface area contributed by atoms with Crippen LogP contribution in [-0.4, -0.2) is 0 Å². The zero-order valence-corrected chi connectivity index (χ0v) is 103. The van der Waals surface area contributed by atoms with Gasteiger partial charge in [-0.2, -0.15) is 0 Å². The van der Waals surface area contributed by atoms with E-state index in [0.717, 1.165) is 76.9 Å². The largest absolute Gasteiger partial charge is 0.103 e. The highest BCUT2D eigenvalue weighted by Gasteiger charge is 2.45. The van der Waals surface area contributed by atoms with Gasteiger partial charge in [0, 0.05) is 21.7 Å². The van der Waals surface area contributed by atoms with Crippen molar-refractivity contribution >= 4 is 0 Å². The molecule has 0 spiro atoms. The van der Waals surface area contributed by atoms with Crippen molar-refractivity contribution in [2.45, 2.75) is 599 Å². The lowest BCUT2D eigenvalue weighted by molar-refractivity contribution is 0.119. The van der Waals surface area contributed by atoms with Crippen molar-refractivity contribution in [3.63, 3.8) is 0 Å². The summed E-state index contributed by atoms with van der Waals surface area (Å²) in [6, 6.07) is 0. The van der Waals surface area contributed by atoms with Crippen molar-refractivity contribution in [1.82, 2.24) is 0 Å². The van der Waals surface area contributed by atoms with Crippen molar-refractivity contribution in [1.29, 1.82) is 0 Å². The van der Waals surface area contributed by atoms with Gasteiger partial charge in [0.25, 0.3) is 0 Å². The maximum atomic E-state index is 2.57. The molecule has 9 unspecified atom stereocenters. The first-order chi connectivity index (χ1) is 56.1. The summed E-state index contributed by atoms with van der Waals surface area (Å²) in [5.74, 6) is 19.8. The molecule has 0 amide bonds. The van der Waals surface area contributed by atoms with Gasteiger partial charge in [-0.05, 0) is 283 Å². The molecule has 0 nitrogen and oxygen atoms in total. The molecular weight excluding hydrogens is 1530 g/mol. The Morgan fingerprint density at radius 3 is 0.921 bits per heavy atom. The van der Waals surface area contributed by atoms with Gasteiger partial charge in [-0.15, -0.1) is 0 Å². The van der Waals surface area contributed by atoms with E-state index in [4.69, 9.17) is 0 Å². The molecule has 0 rings (SSSR count). The highest BCUT2D eigenvalue weighted by atomic mass is 14.5. The van der Waals surface area contributed by atoms with E-state index in [9.17, 15) is 0 Å². The third kappa shape index (κ3) is 75.6. The normalized spacial score (nSPS) is 15.6. The summed E-state index contributed by atoms with van der Waals surface area (Å²) < 4.78 is 0. The van der Waals surface area contributed by atoms with E-state index in [1.54, 1.807) is 29.6 Å². The molecule has 0 aliphatic heterocycles. The Labute approximate surface area is 817 Å². The molecule has 0 aromatic heterocycles. The molecule has 0 bridgehead atoms. The Balaban J connectivity index is -0.000000214. The predicted octanol–water partition coefficient (Wildman–Crippen LogP) is 45.7. The fourth-order valence-corrected chi connectivity index (χ4v) is 22.4. The summed E-state index contributed by atoms with van der Waals surface area (Å²) in [4.78, 5) is 0. The summed E-state index contributed by atoms with van der Waals surface area (Å²) in [6.07, 6.45) is 34.3. The van der Waals surface area contributed by atoms with Crippen LogP contribution in [0.1, 0.15) is 599 Å². The van der Waals surface area contributed by atoms with Gasteiger partial charge < -0.3 is 0 Å². The van der Waals surface area contributed by atoms with Gasteiger partial charge in [-0.3, -0.25) is 0 Å². The molecule has 0 aromatic rings. The monoisotopic (exact) mass is 1790 g/mol. The average Bonchev–Trinajstić information content (AvgIpc) is 0.797. The van der Waals surface area contributed by atoms with E-state index in [1.165, 1.54) is 140 Å². The third-order valence-electron chi connectivity index (χ3n) is 32.0. The Hall–Kier alpha value is -1.17. The molecule has 0 aromatic carbocycles.